The van der Waals surface area contributed by atoms with Gasteiger partial charge in [-0.25, -0.2) is 19.6 Å². The van der Waals surface area contributed by atoms with Gasteiger partial charge in [0.15, 0.2) is 5.65 Å². The summed E-state index contributed by atoms with van der Waals surface area (Å²) in [6.45, 7) is 7.67. The highest BCUT2D eigenvalue weighted by Crippen LogP contribution is 2.35. The minimum absolute atomic E-state index is 0.490. The Morgan fingerprint density at radius 3 is 2.52 bits per heavy atom. The number of rotatable bonds is 4. The van der Waals surface area contributed by atoms with Gasteiger partial charge in [0.1, 0.15) is 12.8 Å². The fourth-order valence-corrected chi connectivity index (χ4v) is 4.49. The summed E-state index contributed by atoms with van der Waals surface area (Å²) in [5.41, 5.74) is 4.13. The second kappa shape index (κ2) is 6.82. The van der Waals surface area contributed by atoms with Gasteiger partial charge in [0.2, 0.25) is 5.65 Å². The maximum atomic E-state index is 12.3. The molecule has 156 valence electrons. The van der Waals surface area contributed by atoms with Crippen LogP contribution >= 0.6 is 7.14 Å². The van der Waals surface area contributed by atoms with Crippen LogP contribution in [0.15, 0.2) is 61.2 Å². The van der Waals surface area contributed by atoms with E-state index in [-0.39, 0.29) is 0 Å². The molecule has 9 heteroatoms. The number of fused-ring (bicyclic) bond motifs is 2. The first-order chi connectivity index (χ1) is 14.7. The monoisotopic (exact) mass is 431 g/mol. The third-order valence-electron chi connectivity index (χ3n) is 5.57. The molecule has 5 rings (SSSR count). The van der Waals surface area contributed by atoms with Gasteiger partial charge in [-0.3, -0.25) is 0 Å². The maximum Gasteiger partial charge on any atom is 0.221 e. The number of imidazole rings is 1. The summed E-state index contributed by atoms with van der Waals surface area (Å²) in [4.78, 5) is 13.6. The molecular formula is C22H22N7OP. The molecule has 0 aliphatic heterocycles. The van der Waals surface area contributed by atoms with Crippen molar-refractivity contribution in [1.82, 2.24) is 34.3 Å². The molecule has 5 aromatic rings. The van der Waals surface area contributed by atoms with E-state index in [2.05, 4.69) is 34.1 Å². The van der Waals surface area contributed by atoms with Crippen LogP contribution in [-0.4, -0.2) is 47.7 Å². The molecule has 0 spiro atoms. The average molecular weight is 431 g/mol. The molecule has 0 atom stereocenters. The Hall–Kier alpha value is -3.38. The van der Waals surface area contributed by atoms with Crippen LogP contribution in [0, 0.1) is 0 Å². The number of pyridine rings is 1. The van der Waals surface area contributed by atoms with Crippen molar-refractivity contribution in [3.63, 3.8) is 0 Å². The maximum absolute atomic E-state index is 12.3. The topological polar surface area (TPSA) is 90.9 Å². The molecule has 0 radical (unpaired) electrons. The van der Waals surface area contributed by atoms with Gasteiger partial charge in [-0.05, 0) is 38.8 Å². The molecule has 0 fully saturated rings. The first-order valence-corrected chi connectivity index (χ1v) is 12.5. The van der Waals surface area contributed by atoms with Gasteiger partial charge < -0.3 is 8.97 Å². The summed E-state index contributed by atoms with van der Waals surface area (Å²) in [6.07, 6.45) is 7.43. The van der Waals surface area contributed by atoms with Gasteiger partial charge in [0, 0.05) is 29.5 Å². The van der Waals surface area contributed by atoms with Gasteiger partial charge in [0.25, 0.3) is 0 Å². The number of benzene rings is 1. The lowest BCUT2D eigenvalue weighted by Crippen LogP contribution is -2.29. The summed E-state index contributed by atoms with van der Waals surface area (Å²) in [6, 6.07) is 11.7. The van der Waals surface area contributed by atoms with E-state index in [4.69, 9.17) is 4.98 Å². The molecule has 0 N–H and O–H groups in total. The van der Waals surface area contributed by atoms with Gasteiger partial charge in [-0.2, -0.15) is 0 Å². The SMILES string of the molecule is CC(C)(c1ccc2nccn2c1)n1nnc2ncc(-c3ccc(P(C)(C)=O)cc3)nc21. The van der Waals surface area contributed by atoms with Crippen LogP contribution in [0.3, 0.4) is 0 Å². The Morgan fingerprint density at radius 2 is 1.77 bits per heavy atom. The number of aromatic nitrogens is 7. The van der Waals surface area contributed by atoms with Crippen LogP contribution in [0.25, 0.3) is 28.2 Å². The lowest BCUT2D eigenvalue weighted by Gasteiger charge is -2.25. The fourth-order valence-electron chi connectivity index (χ4n) is 3.63. The van der Waals surface area contributed by atoms with Crippen LogP contribution in [0.5, 0.6) is 0 Å². The lowest BCUT2D eigenvalue weighted by molar-refractivity contribution is 0.389. The molecule has 0 aliphatic carbocycles. The van der Waals surface area contributed by atoms with Crippen LogP contribution in [-0.2, 0) is 10.1 Å². The molecule has 0 unspecified atom stereocenters. The van der Waals surface area contributed by atoms with E-state index in [1.165, 1.54) is 0 Å². The Balaban J connectivity index is 1.59. The Labute approximate surface area is 179 Å². The zero-order chi connectivity index (χ0) is 21.8. The predicted molar refractivity (Wildman–Crippen MR) is 121 cm³/mol. The van der Waals surface area contributed by atoms with E-state index in [0.29, 0.717) is 17.0 Å². The fraction of sp³-hybridized carbons (Fsp3) is 0.227. The van der Waals surface area contributed by atoms with Crippen LogP contribution in [0.1, 0.15) is 19.4 Å². The van der Waals surface area contributed by atoms with Crippen molar-refractivity contribution in [2.45, 2.75) is 19.4 Å². The molecule has 0 amide bonds. The van der Waals surface area contributed by atoms with Crippen LogP contribution in [0.4, 0.5) is 0 Å². The standard InChI is InChI=1S/C22H22N7OP/c1-22(2,16-7-10-19-23-11-12-28(19)14-16)29-21-20(26-27-29)24-13-18(25-21)15-5-8-17(9-6-15)31(3,4)30/h5-14H,1-4H3. The van der Waals surface area contributed by atoms with Crippen molar-refractivity contribution in [2.24, 2.45) is 0 Å². The molecule has 0 saturated heterocycles. The summed E-state index contributed by atoms with van der Waals surface area (Å²) in [7, 11) is -2.30. The van der Waals surface area contributed by atoms with Crippen molar-refractivity contribution in [3.05, 3.63) is 66.7 Å². The summed E-state index contributed by atoms with van der Waals surface area (Å²) in [5.74, 6) is 0. The van der Waals surface area contributed by atoms with Gasteiger partial charge in [0.05, 0.1) is 17.4 Å². The zero-order valence-electron chi connectivity index (χ0n) is 17.8. The third-order valence-corrected chi connectivity index (χ3v) is 7.12. The lowest BCUT2D eigenvalue weighted by atomic mass is 9.96. The van der Waals surface area contributed by atoms with Crippen LogP contribution < -0.4 is 5.30 Å². The minimum atomic E-state index is -2.30. The van der Waals surface area contributed by atoms with Crippen molar-refractivity contribution >= 4 is 29.4 Å². The van der Waals surface area contributed by atoms with E-state index >= 15 is 0 Å². The van der Waals surface area contributed by atoms with Gasteiger partial charge in [-0.1, -0.05) is 35.5 Å². The molecular weight excluding hydrogens is 409 g/mol. The Bertz CT molecular complexity index is 1460. The normalized spacial score (nSPS) is 12.6. The molecule has 0 saturated carbocycles. The molecule has 0 bridgehead atoms. The summed E-state index contributed by atoms with van der Waals surface area (Å²) < 4.78 is 16.1. The number of nitrogens with zero attached hydrogens (tertiary/aromatic N) is 7. The second-order valence-corrected chi connectivity index (χ2v) is 11.7. The van der Waals surface area contributed by atoms with E-state index in [0.717, 1.165) is 22.1 Å². The highest BCUT2D eigenvalue weighted by Gasteiger charge is 2.28. The quantitative estimate of drug-likeness (QED) is 0.404. The minimum Gasteiger partial charge on any atom is -0.319 e. The van der Waals surface area contributed by atoms with E-state index in [1.807, 2.05) is 53.2 Å². The van der Waals surface area contributed by atoms with Crippen molar-refractivity contribution in [2.75, 3.05) is 13.3 Å². The van der Waals surface area contributed by atoms with Gasteiger partial charge >= 0.3 is 0 Å². The predicted octanol–water partition coefficient (Wildman–Crippen LogP) is 3.57. The number of hydrogen-bond acceptors (Lipinski definition) is 6. The molecule has 0 aliphatic rings. The first-order valence-electron chi connectivity index (χ1n) is 9.91. The van der Waals surface area contributed by atoms with Crippen molar-refractivity contribution in [1.29, 1.82) is 0 Å². The molecule has 1 aromatic carbocycles. The molecule has 31 heavy (non-hydrogen) atoms. The molecule has 4 heterocycles. The second-order valence-electron chi connectivity index (χ2n) is 8.47. The summed E-state index contributed by atoms with van der Waals surface area (Å²) >= 11 is 0. The van der Waals surface area contributed by atoms with Crippen molar-refractivity contribution < 1.29 is 4.57 Å². The molecule has 4 aromatic heterocycles. The van der Waals surface area contributed by atoms with E-state index < -0.39 is 12.7 Å². The molecule has 8 nitrogen and oxygen atoms in total. The van der Waals surface area contributed by atoms with Crippen molar-refractivity contribution in [3.8, 4) is 11.3 Å². The van der Waals surface area contributed by atoms with E-state index in [1.54, 1.807) is 30.4 Å². The third kappa shape index (κ3) is 3.33. The highest BCUT2D eigenvalue weighted by atomic mass is 31.2. The zero-order valence-corrected chi connectivity index (χ0v) is 18.7. The smallest absolute Gasteiger partial charge is 0.221 e. The first kappa shape index (κ1) is 19.6. The average Bonchev–Trinajstić information content (AvgIpc) is 3.39. The van der Waals surface area contributed by atoms with E-state index in [9.17, 15) is 4.57 Å². The Kier molecular flexibility index (Phi) is 4.31. The highest BCUT2D eigenvalue weighted by molar-refractivity contribution is 7.70. The number of hydrogen-bond donors (Lipinski definition) is 0. The van der Waals surface area contributed by atoms with Crippen LogP contribution in [0.2, 0.25) is 0 Å². The largest absolute Gasteiger partial charge is 0.319 e. The van der Waals surface area contributed by atoms with Gasteiger partial charge in [-0.15, -0.1) is 5.10 Å². The Morgan fingerprint density at radius 1 is 1.00 bits per heavy atom. The summed E-state index contributed by atoms with van der Waals surface area (Å²) in [5, 5.41) is 9.44.